The molecule has 1 heteroatoms. The van der Waals surface area contributed by atoms with Gasteiger partial charge in [-0.15, -0.1) is 0 Å². The first-order chi connectivity index (χ1) is 6.62. The maximum Gasteiger partial charge on any atom is 0.0127 e. The minimum atomic E-state index is 0.336. The Morgan fingerprint density at radius 3 is 1.87 bits per heavy atom. The average molecular weight is 211 g/mol. The highest BCUT2D eigenvalue weighted by Gasteiger charge is 2.36. The number of piperidine rings is 1. The molecule has 0 aromatic heterocycles. The summed E-state index contributed by atoms with van der Waals surface area (Å²) in [6, 6.07) is 0.739. The lowest BCUT2D eigenvalue weighted by molar-refractivity contribution is 0.0111. The summed E-state index contributed by atoms with van der Waals surface area (Å²) in [5.41, 5.74) is 0.820. The summed E-state index contributed by atoms with van der Waals surface area (Å²) < 4.78 is 0. The van der Waals surface area contributed by atoms with Crippen molar-refractivity contribution in [2.45, 2.75) is 72.9 Å². The molecule has 90 valence electrons. The van der Waals surface area contributed by atoms with Crippen molar-refractivity contribution in [3.8, 4) is 0 Å². The molecule has 1 fully saturated rings. The van der Waals surface area contributed by atoms with E-state index in [1.54, 1.807) is 0 Å². The molecule has 0 N–H and O–H groups in total. The first kappa shape index (κ1) is 13.0. The molecular weight excluding hydrogens is 182 g/mol. The maximum absolute atomic E-state index is 2.66. The van der Waals surface area contributed by atoms with Gasteiger partial charge in [0.25, 0.3) is 0 Å². The monoisotopic (exact) mass is 211 g/mol. The van der Waals surface area contributed by atoms with Crippen molar-refractivity contribution in [3.63, 3.8) is 0 Å². The predicted octanol–water partition coefficient (Wildman–Crippen LogP) is 3.93. The van der Waals surface area contributed by atoms with E-state index >= 15 is 0 Å². The van der Waals surface area contributed by atoms with E-state index in [4.69, 9.17) is 0 Å². The molecule has 0 unspecified atom stereocenters. The van der Waals surface area contributed by atoms with Crippen LogP contribution in [0.15, 0.2) is 0 Å². The number of hydrogen-bond acceptors (Lipinski definition) is 1. The highest BCUT2D eigenvalue weighted by atomic mass is 15.2. The molecule has 0 radical (unpaired) electrons. The second-order valence-electron chi connectivity index (χ2n) is 7.30. The minimum Gasteiger partial charge on any atom is -0.296 e. The standard InChI is InChI=1S/C14H29N/c1-11-10-12(13(2,3)4)8-9-15(11)14(5,6)7/h11-12H,8-10H2,1-7H3/t11-,12-/m1/s1. The van der Waals surface area contributed by atoms with Crippen LogP contribution < -0.4 is 0 Å². The molecule has 0 spiro atoms. The van der Waals surface area contributed by atoms with Crippen LogP contribution in [0.3, 0.4) is 0 Å². The zero-order valence-electron chi connectivity index (χ0n) is 11.7. The van der Waals surface area contributed by atoms with E-state index in [0.717, 1.165) is 12.0 Å². The van der Waals surface area contributed by atoms with Crippen molar-refractivity contribution in [2.24, 2.45) is 11.3 Å². The molecule has 0 aliphatic carbocycles. The normalized spacial score (nSPS) is 30.6. The fourth-order valence-electron chi connectivity index (χ4n) is 2.96. The van der Waals surface area contributed by atoms with Gasteiger partial charge < -0.3 is 0 Å². The van der Waals surface area contributed by atoms with Gasteiger partial charge in [-0.2, -0.15) is 0 Å². The van der Waals surface area contributed by atoms with E-state index in [-0.39, 0.29) is 0 Å². The van der Waals surface area contributed by atoms with Gasteiger partial charge >= 0.3 is 0 Å². The van der Waals surface area contributed by atoms with Gasteiger partial charge in [-0.25, -0.2) is 0 Å². The van der Waals surface area contributed by atoms with Crippen LogP contribution in [0.5, 0.6) is 0 Å². The van der Waals surface area contributed by atoms with Gasteiger partial charge in [-0.1, -0.05) is 20.8 Å². The van der Waals surface area contributed by atoms with E-state index in [9.17, 15) is 0 Å². The summed E-state index contributed by atoms with van der Waals surface area (Å²) in [6.45, 7) is 17.8. The van der Waals surface area contributed by atoms with Crippen molar-refractivity contribution in [1.82, 2.24) is 4.90 Å². The third kappa shape index (κ3) is 3.21. The van der Waals surface area contributed by atoms with E-state index in [2.05, 4.69) is 53.4 Å². The molecule has 1 heterocycles. The molecular formula is C14H29N. The maximum atomic E-state index is 2.66. The molecule has 0 saturated carbocycles. The van der Waals surface area contributed by atoms with Crippen molar-refractivity contribution in [2.75, 3.05) is 6.54 Å². The number of rotatable bonds is 0. The molecule has 0 amide bonds. The first-order valence-corrected chi connectivity index (χ1v) is 6.39. The summed E-state index contributed by atoms with van der Waals surface area (Å²) in [5, 5.41) is 0. The summed E-state index contributed by atoms with van der Waals surface area (Å²) in [5.74, 6) is 0.895. The van der Waals surface area contributed by atoms with E-state index < -0.39 is 0 Å². The summed E-state index contributed by atoms with van der Waals surface area (Å²) in [4.78, 5) is 2.66. The molecule has 1 rings (SSSR count). The topological polar surface area (TPSA) is 3.24 Å². The zero-order chi connectivity index (χ0) is 11.9. The Labute approximate surface area is 96.2 Å². The summed E-state index contributed by atoms with van der Waals surface area (Å²) in [7, 11) is 0. The van der Waals surface area contributed by atoms with Crippen molar-refractivity contribution in [3.05, 3.63) is 0 Å². The molecule has 1 nitrogen and oxygen atoms in total. The summed E-state index contributed by atoms with van der Waals surface area (Å²) >= 11 is 0. The highest BCUT2D eigenvalue weighted by molar-refractivity contribution is 4.90. The van der Waals surface area contributed by atoms with Gasteiger partial charge in [0, 0.05) is 11.6 Å². The van der Waals surface area contributed by atoms with Crippen LogP contribution in [0, 0.1) is 11.3 Å². The SMILES string of the molecule is C[C@@H]1C[C@H](C(C)(C)C)CCN1C(C)(C)C. The van der Waals surface area contributed by atoms with Gasteiger partial charge in [0.15, 0.2) is 0 Å². The Balaban J connectivity index is 2.64. The van der Waals surface area contributed by atoms with Crippen LogP contribution >= 0.6 is 0 Å². The van der Waals surface area contributed by atoms with Crippen molar-refractivity contribution >= 4 is 0 Å². The van der Waals surface area contributed by atoms with Crippen LogP contribution in [0.2, 0.25) is 0 Å². The zero-order valence-corrected chi connectivity index (χ0v) is 11.7. The average Bonchev–Trinajstić information content (AvgIpc) is 1.99. The van der Waals surface area contributed by atoms with Gasteiger partial charge in [0.05, 0.1) is 0 Å². The fraction of sp³-hybridized carbons (Fsp3) is 1.00. The molecule has 1 aliphatic heterocycles. The second-order valence-corrected chi connectivity index (χ2v) is 7.30. The molecule has 15 heavy (non-hydrogen) atoms. The van der Waals surface area contributed by atoms with Gasteiger partial charge in [0.2, 0.25) is 0 Å². The Kier molecular flexibility index (Phi) is 3.55. The van der Waals surface area contributed by atoms with Crippen LogP contribution in [-0.2, 0) is 0 Å². The predicted molar refractivity (Wildman–Crippen MR) is 68.1 cm³/mol. The van der Waals surface area contributed by atoms with Crippen LogP contribution in [0.25, 0.3) is 0 Å². The van der Waals surface area contributed by atoms with Crippen molar-refractivity contribution < 1.29 is 0 Å². The summed E-state index contributed by atoms with van der Waals surface area (Å²) in [6.07, 6.45) is 2.73. The van der Waals surface area contributed by atoms with Gasteiger partial charge in [-0.05, 0) is 58.4 Å². The number of nitrogens with zero attached hydrogens (tertiary/aromatic N) is 1. The quantitative estimate of drug-likeness (QED) is 0.587. The van der Waals surface area contributed by atoms with Gasteiger partial charge in [-0.3, -0.25) is 4.90 Å². The Morgan fingerprint density at radius 1 is 1.00 bits per heavy atom. The lowest BCUT2D eigenvalue weighted by Gasteiger charge is -2.48. The Bertz CT molecular complexity index is 206. The highest BCUT2D eigenvalue weighted by Crippen LogP contribution is 2.38. The largest absolute Gasteiger partial charge is 0.296 e. The Morgan fingerprint density at radius 2 is 1.53 bits per heavy atom. The molecule has 2 atom stereocenters. The lowest BCUT2D eigenvalue weighted by atomic mass is 9.73. The minimum absolute atomic E-state index is 0.336. The first-order valence-electron chi connectivity index (χ1n) is 6.39. The van der Waals surface area contributed by atoms with E-state index in [1.165, 1.54) is 19.4 Å². The van der Waals surface area contributed by atoms with E-state index in [0.29, 0.717) is 11.0 Å². The third-order valence-corrected chi connectivity index (χ3v) is 3.96. The number of hydrogen-bond donors (Lipinski definition) is 0. The van der Waals surface area contributed by atoms with Crippen molar-refractivity contribution in [1.29, 1.82) is 0 Å². The molecule has 0 aromatic rings. The van der Waals surface area contributed by atoms with E-state index in [1.807, 2.05) is 0 Å². The number of likely N-dealkylation sites (tertiary alicyclic amines) is 1. The lowest BCUT2D eigenvalue weighted by Crippen LogP contribution is -2.52. The van der Waals surface area contributed by atoms with Crippen LogP contribution in [0.4, 0.5) is 0 Å². The van der Waals surface area contributed by atoms with Crippen LogP contribution in [0.1, 0.15) is 61.3 Å². The van der Waals surface area contributed by atoms with Crippen LogP contribution in [-0.4, -0.2) is 23.0 Å². The Hall–Kier alpha value is -0.0400. The molecule has 0 bridgehead atoms. The molecule has 0 aromatic carbocycles. The second kappa shape index (κ2) is 4.08. The smallest absolute Gasteiger partial charge is 0.0127 e. The molecule has 1 aliphatic rings. The molecule has 1 saturated heterocycles. The van der Waals surface area contributed by atoms with Gasteiger partial charge in [0.1, 0.15) is 0 Å². The third-order valence-electron chi connectivity index (χ3n) is 3.96. The fourth-order valence-corrected chi connectivity index (χ4v) is 2.96.